The van der Waals surface area contributed by atoms with Gasteiger partial charge in [-0.1, -0.05) is 19.0 Å². The molecule has 0 aliphatic rings. The smallest absolute Gasteiger partial charge is 0.227 e. The van der Waals surface area contributed by atoms with Crippen molar-refractivity contribution in [3.05, 3.63) is 35.5 Å². The lowest BCUT2D eigenvalue weighted by molar-refractivity contribution is 0.266. The summed E-state index contributed by atoms with van der Waals surface area (Å²) in [5.74, 6) is 0.536. The molecule has 0 amide bonds. The van der Waals surface area contributed by atoms with Crippen LogP contribution in [0.25, 0.3) is 11.4 Å². The fourth-order valence-electron chi connectivity index (χ4n) is 2.18. The summed E-state index contributed by atoms with van der Waals surface area (Å²) >= 11 is 0. The number of hydrogen-bond acceptors (Lipinski definition) is 4. The number of aryl methyl sites for hydroxylation is 1. The Morgan fingerprint density at radius 3 is 2.76 bits per heavy atom. The van der Waals surface area contributed by atoms with Crippen LogP contribution >= 0.6 is 0 Å². The Bertz CT molecular complexity index is 654. The van der Waals surface area contributed by atoms with Gasteiger partial charge in [0.05, 0.1) is 6.07 Å². The second-order valence-corrected chi connectivity index (χ2v) is 5.70. The first-order chi connectivity index (χ1) is 9.95. The van der Waals surface area contributed by atoms with E-state index in [2.05, 4.69) is 16.2 Å². The molecule has 1 atom stereocenters. The highest BCUT2D eigenvalue weighted by molar-refractivity contribution is 5.55. The molecule has 0 bridgehead atoms. The molecule has 1 unspecified atom stereocenters. The van der Waals surface area contributed by atoms with E-state index in [1.165, 1.54) is 12.1 Å². The average Bonchev–Trinajstić information content (AvgIpc) is 2.86. The first-order valence-electron chi connectivity index (χ1n) is 6.93. The van der Waals surface area contributed by atoms with Gasteiger partial charge in [0.2, 0.25) is 11.7 Å². The minimum atomic E-state index is -0.320. The number of nitrogens with zero attached hydrogens (tertiary/aromatic N) is 3. The number of benzene rings is 1. The molecule has 5 heteroatoms. The molecule has 0 saturated heterocycles. The van der Waals surface area contributed by atoms with Crippen LogP contribution < -0.4 is 0 Å². The molecule has 0 fully saturated rings. The molecule has 2 aromatic rings. The third-order valence-corrected chi connectivity index (χ3v) is 3.71. The zero-order chi connectivity index (χ0) is 15.5. The maximum atomic E-state index is 13.4. The van der Waals surface area contributed by atoms with Crippen molar-refractivity contribution in [1.29, 1.82) is 5.26 Å². The largest absolute Gasteiger partial charge is 0.339 e. The van der Waals surface area contributed by atoms with Gasteiger partial charge in [0, 0.05) is 18.4 Å². The van der Waals surface area contributed by atoms with Gasteiger partial charge in [-0.05, 0) is 42.5 Å². The Labute approximate surface area is 123 Å². The average molecular weight is 287 g/mol. The molecule has 0 aliphatic heterocycles. The van der Waals surface area contributed by atoms with Crippen LogP contribution in [-0.4, -0.2) is 10.1 Å². The van der Waals surface area contributed by atoms with Crippen molar-refractivity contribution in [2.75, 3.05) is 0 Å². The van der Waals surface area contributed by atoms with Gasteiger partial charge in [-0.15, -0.1) is 0 Å². The number of halogens is 1. The van der Waals surface area contributed by atoms with Gasteiger partial charge in [0.25, 0.3) is 0 Å². The van der Waals surface area contributed by atoms with E-state index < -0.39 is 0 Å². The number of hydrogen-bond donors (Lipinski definition) is 0. The van der Waals surface area contributed by atoms with Gasteiger partial charge in [-0.3, -0.25) is 0 Å². The summed E-state index contributed by atoms with van der Waals surface area (Å²) in [5, 5.41) is 12.8. The summed E-state index contributed by atoms with van der Waals surface area (Å²) in [5.41, 5.74) is 1.22. The summed E-state index contributed by atoms with van der Waals surface area (Å²) in [4.78, 5) is 4.32. The molecule has 0 saturated carbocycles. The maximum Gasteiger partial charge on any atom is 0.227 e. The SMILES string of the molecule is CCC(C)(CC#N)Cc1nc(-c2cc(C)cc(F)c2)no1. The highest BCUT2D eigenvalue weighted by atomic mass is 19.1. The van der Waals surface area contributed by atoms with Gasteiger partial charge in [-0.2, -0.15) is 10.2 Å². The molecule has 2 rings (SSSR count). The number of rotatable bonds is 5. The molecule has 0 radical (unpaired) electrons. The van der Waals surface area contributed by atoms with Crippen molar-refractivity contribution in [1.82, 2.24) is 10.1 Å². The zero-order valence-corrected chi connectivity index (χ0v) is 12.5. The second kappa shape index (κ2) is 6.04. The van der Waals surface area contributed by atoms with Crippen molar-refractivity contribution in [3.63, 3.8) is 0 Å². The van der Waals surface area contributed by atoms with E-state index in [1.54, 1.807) is 0 Å². The first kappa shape index (κ1) is 15.2. The standard InChI is InChI=1S/C16H18FN3O/c1-4-16(3,5-6-18)10-14-19-15(20-21-14)12-7-11(2)8-13(17)9-12/h7-9H,4-5,10H2,1-3H3. The van der Waals surface area contributed by atoms with Crippen LogP contribution in [0.3, 0.4) is 0 Å². The van der Waals surface area contributed by atoms with Crippen molar-refractivity contribution in [2.45, 2.75) is 40.0 Å². The predicted molar refractivity (Wildman–Crippen MR) is 76.8 cm³/mol. The third-order valence-electron chi connectivity index (χ3n) is 3.71. The molecule has 4 nitrogen and oxygen atoms in total. The molecular weight excluding hydrogens is 269 g/mol. The lowest BCUT2D eigenvalue weighted by Gasteiger charge is -2.22. The topological polar surface area (TPSA) is 62.7 Å². The Hall–Kier alpha value is -2.22. The zero-order valence-electron chi connectivity index (χ0n) is 12.5. The van der Waals surface area contributed by atoms with E-state index in [-0.39, 0.29) is 11.2 Å². The molecule has 1 heterocycles. The van der Waals surface area contributed by atoms with Gasteiger partial charge < -0.3 is 4.52 Å². The molecule has 0 aliphatic carbocycles. The van der Waals surface area contributed by atoms with Crippen molar-refractivity contribution in [2.24, 2.45) is 5.41 Å². The molecule has 21 heavy (non-hydrogen) atoms. The Balaban J connectivity index is 2.24. The van der Waals surface area contributed by atoms with E-state index in [0.29, 0.717) is 30.1 Å². The molecule has 110 valence electrons. The monoisotopic (exact) mass is 287 g/mol. The first-order valence-corrected chi connectivity index (χ1v) is 6.93. The molecular formula is C16H18FN3O. The van der Waals surface area contributed by atoms with Crippen LogP contribution in [0.4, 0.5) is 4.39 Å². The summed E-state index contributed by atoms with van der Waals surface area (Å²) in [6, 6.07) is 6.84. The number of aromatic nitrogens is 2. The highest BCUT2D eigenvalue weighted by Crippen LogP contribution is 2.30. The Morgan fingerprint density at radius 2 is 2.14 bits per heavy atom. The van der Waals surface area contributed by atoms with Crippen molar-refractivity contribution >= 4 is 0 Å². The van der Waals surface area contributed by atoms with Gasteiger partial charge in [0.1, 0.15) is 5.82 Å². The molecule has 1 aromatic heterocycles. The van der Waals surface area contributed by atoms with E-state index in [0.717, 1.165) is 12.0 Å². The highest BCUT2D eigenvalue weighted by Gasteiger charge is 2.25. The van der Waals surface area contributed by atoms with Crippen LogP contribution in [0.2, 0.25) is 0 Å². The summed E-state index contributed by atoms with van der Waals surface area (Å²) in [6.07, 6.45) is 1.82. The van der Waals surface area contributed by atoms with Gasteiger partial charge in [-0.25, -0.2) is 4.39 Å². The van der Waals surface area contributed by atoms with Gasteiger partial charge in [0.15, 0.2) is 0 Å². The van der Waals surface area contributed by atoms with Crippen molar-refractivity contribution < 1.29 is 8.91 Å². The minimum Gasteiger partial charge on any atom is -0.339 e. The van der Waals surface area contributed by atoms with E-state index in [4.69, 9.17) is 9.78 Å². The van der Waals surface area contributed by atoms with E-state index in [9.17, 15) is 4.39 Å². The van der Waals surface area contributed by atoms with Crippen LogP contribution in [0.15, 0.2) is 22.7 Å². The Kier molecular flexibility index (Phi) is 4.37. The normalized spacial score (nSPS) is 13.7. The third kappa shape index (κ3) is 3.66. The summed E-state index contributed by atoms with van der Waals surface area (Å²) in [6.45, 7) is 5.87. The van der Waals surface area contributed by atoms with Crippen LogP contribution in [0.1, 0.15) is 38.1 Å². The Morgan fingerprint density at radius 1 is 1.38 bits per heavy atom. The van der Waals surface area contributed by atoms with Gasteiger partial charge >= 0.3 is 0 Å². The van der Waals surface area contributed by atoms with Crippen LogP contribution in [0.5, 0.6) is 0 Å². The second-order valence-electron chi connectivity index (χ2n) is 5.70. The fourth-order valence-corrected chi connectivity index (χ4v) is 2.18. The lowest BCUT2D eigenvalue weighted by atomic mass is 9.81. The minimum absolute atomic E-state index is 0.184. The number of nitriles is 1. The van der Waals surface area contributed by atoms with E-state index >= 15 is 0 Å². The molecule has 0 spiro atoms. The molecule has 0 N–H and O–H groups in total. The summed E-state index contributed by atoms with van der Waals surface area (Å²) < 4.78 is 18.7. The van der Waals surface area contributed by atoms with Crippen LogP contribution in [-0.2, 0) is 6.42 Å². The van der Waals surface area contributed by atoms with Crippen molar-refractivity contribution in [3.8, 4) is 17.5 Å². The van der Waals surface area contributed by atoms with Crippen LogP contribution in [0, 0.1) is 29.5 Å². The maximum absolute atomic E-state index is 13.4. The quantitative estimate of drug-likeness (QED) is 0.832. The van der Waals surface area contributed by atoms with E-state index in [1.807, 2.05) is 26.8 Å². The summed E-state index contributed by atoms with van der Waals surface area (Å²) in [7, 11) is 0. The molecule has 1 aromatic carbocycles. The lowest BCUT2D eigenvalue weighted by Crippen LogP contribution is -2.18. The predicted octanol–water partition coefficient (Wildman–Crippen LogP) is 4.06. The fraction of sp³-hybridized carbons (Fsp3) is 0.438.